The van der Waals surface area contributed by atoms with Crippen LogP contribution in [0.15, 0.2) is 67.0 Å². The highest BCUT2D eigenvalue weighted by molar-refractivity contribution is 5.84. The number of aliphatic hydroxyl groups is 3. The molecule has 0 aliphatic carbocycles. The van der Waals surface area contributed by atoms with E-state index < -0.39 is 43.3 Å². The number of aliphatic hydroxyl groups excluding tert-OH is 3. The molecule has 252 valence electrons. The molecule has 0 radical (unpaired) electrons. The van der Waals surface area contributed by atoms with Crippen LogP contribution in [0.1, 0.15) is 50.0 Å². The summed E-state index contributed by atoms with van der Waals surface area (Å²) in [5.74, 6) is -1.51. The van der Waals surface area contributed by atoms with E-state index >= 15 is 0 Å². The number of fused-ring (bicyclic) bond motifs is 1. The number of nitrogens with zero attached hydrogens (tertiary/aromatic N) is 5. The molecule has 2 aromatic carbocycles. The zero-order chi connectivity index (χ0) is 33.9. The van der Waals surface area contributed by atoms with Gasteiger partial charge in [0, 0.05) is 24.5 Å². The van der Waals surface area contributed by atoms with Crippen molar-refractivity contribution >= 4 is 28.9 Å². The number of alkyl halides is 3. The molecule has 2 aromatic heterocycles. The zero-order valence-corrected chi connectivity index (χ0v) is 25.7. The maximum absolute atomic E-state index is 10.7. The van der Waals surface area contributed by atoms with Crippen LogP contribution in [-0.2, 0) is 9.53 Å². The number of hydrogen-bond donors (Lipinski definition) is 5. The summed E-state index contributed by atoms with van der Waals surface area (Å²) in [6, 6.07) is 21.3. The van der Waals surface area contributed by atoms with Crippen molar-refractivity contribution in [2.75, 3.05) is 23.4 Å². The summed E-state index contributed by atoms with van der Waals surface area (Å²) < 4.78 is 39.2. The first-order valence-corrected chi connectivity index (χ1v) is 15.2. The van der Waals surface area contributed by atoms with Gasteiger partial charge in [0.25, 0.3) is 0 Å². The number of ether oxygens (including phenoxy) is 1. The number of carboxylic acid groups (broad SMARTS) is 1. The fourth-order valence-electron chi connectivity index (χ4n) is 6.03. The second-order valence-electron chi connectivity index (χ2n) is 11.7. The molecule has 2 saturated heterocycles. The van der Waals surface area contributed by atoms with Crippen molar-refractivity contribution in [3.63, 3.8) is 0 Å². The van der Waals surface area contributed by atoms with Crippen LogP contribution in [0.5, 0.6) is 0 Å². The lowest BCUT2D eigenvalue weighted by atomic mass is 9.91. The van der Waals surface area contributed by atoms with Gasteiger partial charge in [0.2, 0.25) is 5.95 Å². The summed E-state index contributed by atoms with van der Waals surface area (Å²) in [5.41, 5.74) is 3.40. The predicted molar refractivity (Wildman–Crippen MR) is 166 cm³/mol. The van der Waals surface area contributed by atoms with Crippen LogP contribution in [0.4, 0.5) is 24.9 Å². The molecule has 12 nitrogen and oxygen atoms in total. The average molecular weight is 659 g/mol. The predicted octanol–water partition coefficient (Wildman–Crippen LogP) is 3.69. The molecule has 0 saturated carbocycles. The first-order chi connectivity index (χ1) is 22.4. The standard InChI is InChI=1S/C30H36N6O4.C2HF3O2/c1-18-13-14-19(2)36(18)30-33-27(31-15-22(20-9-5-3-6-10-20)21-11-7-4-8-12-21)24-28(34-30)35(17-32-24)29-26(39)25(38)23(16-37)40-29;3-2(4,5)1(6)7/h3-12,17-19,22-23,25-26,29,37-39H,13-16H2,1-2H3,(H,31,33,34);(H,6,7)/t18?,19?,23-,25-,26-,29-;/m1./s1. The molecule has 2 aliphatic heterocycles. The van der Waals surface area contributed by atoms with Gasteiger partial charge in [-0.3, -0.25) is 4.57 Å². The lowest BCUT2D eigenvalue weighted by molar-refractivity contribution is -0.192. The maximum Gasteiger partial charge on any atom is 0.490 e. The Morgan fingerprint density at radius 1 is 0.979 bits per heavy atom. The summed E-state index contributed by atoms with van der Waals surface area (Å²) in [5, 5.41) is 41.5. The van der Waals surface area contributed by atoms with E-state index in [9.17, 15) is 28.5 Å². The average Bonchev–Trinajstić information content (AvgIpc) is 3.72. The second-order valence-corrected chi connectivity index (χ2v) is 11.7. The molecule has 15 heteroatoms. The molecule has 0 spiro atoms. The molecule has 5 N–H and O–H groups in total. The van der Waals surface area contributed by atoms with Gasteiger partial charge in [-0.2, -0.15) is 23.1 Å². The van der Waals surface area contributed by atoms with Gasteiger partial charge in [-0.25, -0.2) is 9.78 Å². The largest absolute Gasteiger partial charge is 0.490 e. The van der Waals surface area contributed by atoms with Crippen molar-refractivity contribution in [3.05, 3.63) is 78.1 Å². The zero-order valence-electron chi connectivity index (χ0n) is 25.7. The lowest BCUT2D eigenvalue weighted by Crippen LogP contribution is -2.34. The summed E-state index contributed by atoms with van der Waals surface area (Å²) in [6.45, 7) is 4.52. The highest BCUT2D eigenvalue weighted by Gasteiger charge is 2.44. The van der Waals surface area contributed by atoms with Crippen molar-refractivity contribution in [2.24, 2.45) is 0 Å². The third-order valence-corrected chi connectivity index (χ3v) is 8.50. The van der Waals surface area contributed by atoms with E-state index in [1.54, 1.807) is 10.9 Å². The fourth-order valence-corrected chi connectivity index (χ4v) is 6.03. The number of imidazole rings is 1. The molecule has 6 rings (SSSR count). The smallest absolute Gasteiger partial charge is 0.475 e. The molecular formula is C32H37F3N6O6. The minimum Gasteiger partial charge on any atom is -0.475 e. The van der Waals surface area contributed by atoms with E-state index in [-0.39, 0.29) is 18.0 Å². The Hall–Kier alpha value is -4.31. The molecular weight excluding hydrogens is 621 g/mol. The number of halogens is 3. The van der Waals surface area contributed by atoms with Crippen molar-refractivity contribution in [2.45, 2.75) is 75.4 Å². The molecule has 4 aromatic rings. The molecule has 2 aliphatic rings. The fraction of sp³-hybridized carbons (Fsp3) is 0.438. The van der Waals surface area contributed by atoms with Gasteiger partial charge in [-0.05, 0) is 37.8 Å². The molecule has 0 bridgehead atoms. The Bertz CT molecular complexity index is 1590. The SMILES string of the molecule is CC1CCC(C)N1c1nc(NCC(c2ccccc2)c2ccccc2)c2ncn([C@@H]3O[C@H](CO)[C@@H](O)[C@H]3O)c2n1.O=C(O)C(F)(F)F. The van der Waals surface area contributed by atoms with E-state index in [0.717, 1.165) is 12.8 Å². The van der Waals surface area contributed by atoms with Crippen LogP contribution < -0.4 is 10.2 Å². The molecule has 2 fully saturated rings. The quantitative estimate of drug-likeness (QED) is 0.187. The molecule has 0 amide bonds. The highest BCUT2D eigenvalue weighted by atomic mass is 19.4. The summed E-state index contributed by atoms with van der Waals surface area (Å²) in [4.78, 5) is 25.6. The Kier molecular flexibility index (Phi) is 10.3. The van der Waals surface area contributed by atoms with Crippen LogP contribution in [-0.4, -0.2) is 95.6 Å². The van der Waals surface area contributed by atoms with Crippen molar-refractivity contribution < 1.29 is 43.1 Å². The topological polar surface area (TPSA) is 166 Å². The number of carboxylic acids is 1. The van der Waals surface area contributed by atoms with E-state index in [4.69, 9.17) is 24.6 Å². The normalized spacial score (nSPS) is 24.4. The van der Waals surface area contributed by atoms with Gasteiger partial charge in [-0.1, -0.05) is 60.7 Å². The number of aliphatic carboxylic acids is 1. The van der Waals surface area contributed by atoms with Gasteiger partial charge in [0.05, 0.1) is 12.9 Å². The third-order valence-electron chi connectivity index (χ3n) is 8.50. The molecule has 4 heterocycles. The maximum atomic E-state index is 10.7. The summed E-state index contributed by atoms with van der Waals surface area (Å²) >= 11 is 0. The number of aromatic nitrogens is 4. The van der Waals surface area contributed by atoms with Gasteiger partial charge in [0.1, 0.15) is 18.3 Å². The first-order valence-electron chi connectivity index (χ1n) is 15.2. The lowest BCUT2D eigenvalue weighted by Gasteiger charge is -2.27. The van der Waals surface area contributed by atoms with E-state index in [1.165, 1.54) is 11.1 Å². The number of carbonyl (C=O) groups is 1. The van der Waals surface area contributed by atoms with Gasteiger partial charge in [0.15, 0.2) is 23.2 Å². The summed E-state index contributed by atoms with van der Waals surface area (Å²) in [7, 11) is 0. The molecule has 2 unspecified atom stereocenters. The van der Waals surface area contributed by atoms with Gasteiger partial charge in [-0.15, -0.1) is 0 Å². The monoisotopic (exact) mass is 658 g/mol. The van der Waals surface area contributed by atoms with Gasteiger partial charge < -0.3 is 35.4 Å². The Labute approximate surface area is 268 Å². The Morgan fingerprint density at radius 2 is 1.53 bits per heavy atom. The van der Waals surface area contributed by atoms with Crippen LogP contribution in [0.25, 0.3) is 11.2 Å². The van der Waals surface area contributed by atoms with E-state index in [0.29, 0.717) is 29.5 Å². The van der Waals surface area contributed by atoms with Gasteiger partial charge >= 0.3 is 12.1 Å². The summed E-state index contributed by atoms with van der Waals surface area (Å²) in [6.07, 6.45) is -5.74. The number of benzene rings is 2. The Balaban J connectivity index is 0.000000559. The second kappa shape index (κ2) is 14.2. The van der Waals surface area contributed by atoms with Crippen molar-refractivity contribution in [1.82, 2.24) is 19.5 Å². The molecule has 6 atom stereocenters. The van der Waals surface area contributed by atoms with Crippen LogP contribution >= 0.6 is 0 Å². The minimum absolute atomic E-state index is 0.0723. The van der Waals surface area contributed by atoms with Crippen LogP contribution in [0, 0.1) is 0 Å². The number of rotatable bonds is 8. The van der Waals surface area contributed by atoms with E-state index in [2.05, 4.69) is 53.3 Å². The van der Waals surface area contributed by atoms with Crippen LogP contribution in [0.2, 0.25) is 0 Å². The Morgan fingerprint density at radius 3 is 2.02 bits per heavy atom. The van der Waals surface area contributed by atoms with Crippen molar-refractivity contribution in [3.8, 4) is 0 Å². The number of nitrogens with one attached hydrogen (secondary N) is 1. The number of hydrogen-bond acceptors (Lipinski definition) is 10. The van der Waals surface area contributed by atoms with E-state index in [1.807, 2.05) is 36.4 Å². The molecule has 47 heavy (non-hydrogen) atoms. The van der Waals surface area contributed by atoms with Crippen molar-refractivity contribution in [1.29, 1.82) is 0 Å². The highest BCUT2D eigenvalue weighted by Crippen LogP contribution is 2.35. The van der Waals surface area contributed by atoms with Crippen LogP contribution in [0.3, 0.4) is 0 Å². The third kappa shape index (κ3) is 7.32. The minimum atomic E-state index is -5.08. The number of anilines is 2. The first kappa shape index (κ1) is 34.0.